The van der Waals surface area contributed by atoms with Gasteiger partial charge in [-0.25, -0.2) is 4.39 Å². The van der Waals surface area contributed by atoms with E-state index in [1.54, 1.807) is 49.6 Å². The fourth-order valence-electron chi connectivity index (χ4n) is 3.23. The molecule has 178 valence electrons. The number of aromatic nitrogens is 1. The monoisotopic (exact) mass is 483 g/mol. The van der Waals surface area contributed by atoms with E-state index >= 15 is 0 Å². The van der Waals surface area contributed by atoms with E-state index in [1.807, 2.05) is 20.8 Å². The van der Waals surface area contributed by atoms with Gasteiger partial charge < -0.3 is 14.3 Å². The molecule has 1 heterocycles. The fraction of sp³-hybridized carbons (Fsp3) is 0.296. The molecule has 0 saturated carbocycles. The third-order valence-corrected chi connectivity index (χ3v) is 4.94. The number of halogens is 2. The zero-order valence-electron chi connectivity index (χ0n) is 19.6. The minimum atomic E-state index is -0.814. The highest BCUT2D eigenvalue weighted by molar-refractivity contribution is 6.21. The van der Waals surface area contributed by atoms with Gasteiger partial charge in [-0.3, -0.25) is 4.79 Å². The van der Waals surface area contributed by atoms with Gasteiger partial charge in [0.2, 0.25) is 5.56 Å². The molecule has 0 spiro atoms. The molecule has 3 rings (SSSR count). The number of alkyl halides is 1. The zero-order valence-corrected chi connectivity index (χ0v) is 20.4. The summed E-state index contributed by atoms with van der Waals surface area (Å²) in [6.07, 6.45) is 3.14. The van der Waals surface area contributed by atoms with Gasteiger partial charge >= 0.3 is 0 Å². The van der Waals surface area contributed by atoms with Crippen LogP contribution >= 0.6 is 11.6 Å². The van der Waals surface area contributed by atoms with E-state index in [4.69, 9.17) is 25.9 Å². The van der Waals surface area contributed by atoms with Crippen LogP contribution in [-0.4, -0.2) is 23.5 Å². The van der Waals surface area contributed by atoms with Crippen LogP contribution < -0.4 is 19.7 Å². The molecule has 0 radical (unpaired) electrons. The van der Waals surface area contributed by atoms with Gasteiger partial charge in [-0.15, -0.1) is 5.92 Å². The van der Waals surface area contributed by atoms with E-state index in [0.717, 1.165) is 0 Å². The van der Waals surface area contributed by atoms with E-state index in [9.17, 15) is 9.18 Å². The smallest absolute Gasteiger partial charge is 0.234 e. The lowest BCUT2D eigenvalue weighted by atomic mass is 10.0. The van der Waals surface area contributed by atoms with Crippen LogP contribution in [0.2, 0.25) is 0 Å². The first-order valence-electron chi connectivity index (χ1n) is 11.0. The highest BCUT2D eigenvalue weighted by Gasteiger charge is 2.16. The van der Waals surface area contributed by atoms with Crippen molar-refractivity contribution in [2.75, 3.05) is 13.2 Å². The molecule has 1 aromatic heterocycles. The van der Waals surface area contributed by atoms with Crippen molar-refractivity contribution in [3.05, 3.63) is 70.9 Å². The molecule has 0 fully saturated rings. The molecule has 0 aliphatic carbocycles. The molecule has 0 N–H and O–H groups in total. The van der Waals surface area contributed by atoms with Crippen molar-refractivity contribution in [2.45, 2.75) is 33.3 Å². The fourth-order valence-corrected chi connectivity index (χ4v) is 3.44. The Morgan fingerprint density at radius 3 is 2.41 bits per heavy atom. The van der Waals surface area contributed by atoms with Crippen molar-refractivity contribution >= 4 is 11.6 Å². The maximum Gasteiger partial charge on any atom is 0.234 e. The van der Waals surface area contributed by atoms with E-state index in [1.165, 1.54) is 16.9 Å². The van der Waals surface area contributed by atoms with Crippen LogP contribution in [0.1, 0.15) is 27.7 Å². The summed E-state index contributed by atoms with van der Waals surface area (Å²) in [5.41, 5.74) is 0.582. The standard InChI is InChI=1S/C27H27ClFNO4/c1-5-8-26(28)34-21-10-7-9-19(13-21)22-15-30(33-6-2)16-23(27(22)31)20-11-12-25(24(29)14-20)32-17-18(3)4/h7,9-16,18,26H,6,17H2,1-4H3. The first-order chi connectivity index (χ1) is 16.3. The van der Waals surface area contributed by atoms with Crippen LogP contribution in [0.3, 0.4) is 0 Å². The molecule has 5 nitrogen and oxygen atoms in total. The van der Waals surface area contributed by atoms with Gasteiger partial charge in [-0.05, 0) is 61.1 Å². The topological polar surface area (TPSA) is 49.7 Å². The third kappa shape index (κ3) is 6.33. The maximum absolute atomic E-state index is 14.7. The number of hydrogen-bond acceptors (Lipinski definition) is 4. The van der Waals surface area contributed by atoms with E-state index in [-0.39, 0.29) is 17.1 Å². The molecular formula is C27H27ClFNO4. The van der Waals surface area contributed by atoms with Crippen molar-refractivity contribution in [1.82, 2.24) is 4.73 Å². The predicted molar refractivity (Wildman–Crippen MR) is 133 cm³/mol. The Balaban J connectivity index is 2.05. The first-order valence-corrected chi connectivity index (χ1v) is 11.4. The van der Waals surface area contributed by atoms with Gasteiger partial charge in [0, 0.05) is 11.1 Å². The van der Waals surface area contributed by atoms with Gasteiger partial charge in [-0.1, -0.05) is 43.6 Å². The highest BCUT2D eigenvalue weighted by Crippen LogP contribution is 2.28. The molecule has 7 heteroatoms. The van der Waals surface area contributed by atoms with Gasteiger partial charge in [0.15, 0.2) is 17.0 Å². The molecule has 34 heavy (non-hydrogen) atoms. The van der Waals surface area contributed by atoms with Gasteiger partial charge in [0.1, 0.15) is 12.4 Å². The lowest BCUT2D eigenvalue weighted by Crippen LogP contribution is -2.18. The van der Waals surface area contributed by atoms with Crippen molar-refractivity contribution in [2.24, 2.45) is 5.92 Å². The summed E-state index contributed by atoms with van der Waals surface area (Å²) in [6.45, 7) is 8.25. The van der Waals surface area contributed by atoms with Crippen LogP contribution in [0.15, 0.2) is 59.7 Å². The van der Waals surface area contributed by atoms with Gasteiger partial charge in [0.05, 0.1) is 19.0 Å². The summed E-state index contributed by atoms with van der Waals surface area (Å²) < 4.78 is 27.3. The molecule has 0 saturated heterocycles. The van der Waals surface area contributed by atoms with Crippen molar-refractivity contribution in [1.29, 1.82) is 0 Å². The molecule has 2 aromatic carbocycles. The number of rotatable bonds is 9. The Morgan fingerprint density at radius 1 is 1.09 bits per heavy atom. The summed E-state index contributed by atoms with van der Waals surface area (Å²) in [4.78, 5) is 19.1. The minimum absolute atomic E-state index is 0.148. The minimum Gasteiger partial charge on any atom is -0.490 e. The van der Waals surface area contributed by atoms with Crippen molar-refractivity contribution in [3.8, 4) is 45.6 Å². The predicted octanol–water partition coefficient (Wildman–Crippen LogP) is 5.77. The number of hydrogen-bond donors (Lipinski definition) is 0. The van der Waals surface area contributed by atoms with Gasteiger partial charge in [0.25, 0.3) is 0 Å². The van der Waals surface area contributed by atoms with Crippen LogP contribution in [0.4, 0.5) is 4.39 Å². The Hall–Kier alpha value is -3.43. The SMILES string of the molecule is CC#CC(Cl)Oc1cccc(-c2cn(OCC)cc(-c3ccc(OCC(C)C)c(F)c3)c2=O)c1. The quantitative estimate of drug-likeness (QED) is 0.286. The summed E-state index contributed by atoms with van der Waals surface area (Å²) in [6, 6.07) is 11.5. The van der Waals surface area contributed by atoms with Crippen LogP contribution in [0, 0.1) is 23.6 Å². The van der Waals surface area contributed by atoms with E-state index in [2.05, 4.69) is 11.8 Å². The van der Waals surface area contributed by atoms with Crippen LogP contribution in [0.25, 0.3) is 22.3 Å². The third-order valence-electron chi connectivity index (χ3n) is 4.74. The van der Waals surface area contributed by atoms with E-state index in [0.29, 0.717) is 41.2 Å². The number of ether oxygens (including phenoxy) is 2. The second kappa shape index (κ2) is 11.6. The lowest BCUT2D eigenvalue weighted by molar-refractivity contribution is 0.121. The molecule has 0 bridgehead atoms. The largest absolute Gasteiger partial charge is 0.490 e. The normalized spacial score (nSPS) is 11.5. The van der Waals surface area contributed by atoms with Gasteiger partial charge in [-0.2, -0.15) is 4.73 Å². The first kappa shape index (κ1) is 25.2. The van der Waals surface area contributed by atoms with Crippen LogP contribution in [0.5, 0.6) is 11.5 Å². The Morgan fingerprint density at radius 2 is 1.79 bits per heavy atom. The van der Waals surface area contributed by atoms with E-state index < -0.39 is 11.4 Å². The second-order valence-corrected chi connectivity index (χ2v) is 8.29. The summed E-state index contributed by atoms with van der Waals surface area (Å²) >= 11 is 6.06. The average molecular weight is 484 g/mol. The lowest BCUT2D eigenvalue weighted by Gasteiger charge is -2.14. The number of benzene rings is 2. The molecule has 1 atom stereocenters. The second-order valence-electron chi connectivity index (χ2n) is 7.90. The van der Waals surface area contributed by atoms with Crippen LogP contribution in [-0.2, 0) is 0 Å². The maximum atomic E-state index is 14.7. The molecule has 3 aromatic rings. The summed E-state index contributed by atoms with van der Waals surface area (Å²) in [5, 5.41) is 0. The highest BCUT2D eigenvalue weighted by atomic mass is 35.5. The van der Waals surface area contributed by atoms with Crippen molar-refractivity contribution < 1.29 is 18.7 Å². The molecule has 0 amide bonds. The molecule has 1 unspecified atom stereocenters. The summed E-state index contributed by atoms with van der Waals surface area (Å²) in [5.74, 6) is 5.74. The number of nitrogens with zero attached hydrogens (tertiary/aromatic N) is 1. The summed E-state index contributed by atoms with van der Waals surface area (Å²) in [7, 11) is 0. The Kier molecular flexibility index (Phi) is 8.61. The zero-order chi connectivity index (χ0) is 24.7. The molecule has 0 aliphatic rings. The van der Waals surface area contributed by atoms with Crippen molar-refractivity contribution in [3.63, 3.8) is 0 Å². The molecule has 0 aliphatic heterocycles. The number of pyridine rings is 1. The average Bonchev–Trinajstić information content (AvgIpc) is 2.79. The Bertz CT molecular complexity index is 1260. The Labute approximate surface area is 204 Å². The molecular weight excluding hydrogens is 457 g/mol.